The molecule has 1 aromatic carbocycles. The van der Waals surface area contributed by atoms with Crippen molar-refractivity contribution in [2.75, 3.05) is 18.5 Å². The molecule has 0 heterocycles. The molecule has 1 amide bonds. The van der Waals surface area contributed by atoms with Crippen LogP contribution in [-0.4, -0.2) is 25.3 Å². The predicted molar refractivity (Wildman–Crippen MR) is 59.6 cm³/mol. The summed E-state index contributed by atoms with van der Waals surface area (Å²) in [6.45, 7) is -2.33. The van der Waals surface area contributed by atoms with E-state index in [1.807, 2.05) is 0 Å². The van der Waals surface area contributed by atoms with Gasteiger partial charge in [0.15, 0.2) is 0 Å². The number of anilines is 1. The number of amides is 1. The van der Waals surface area contributed by atoms with Crippen molar-refractivity contribution >= 4 is 27.5 Å². The van der Waals surface area contributed by atoms with E-state index in [0.29, 0.717) is 0 Å². The first-order chi connectivity index (χ1) is 8.29. The van der Waals surface area contributed by atoms with Crippen LogP contribution in [0.1, 0.15) is 0 Å². The number of rotatable bonds is 4. The molecule has 0 bridgehead atoms. The van der Waals surface area contributed by atoms with Gasteiger partial charge in [0.25, 0.3) is 0 Å². The third kappa shape index (κ3) is 5.01. The molecule has 0 fully saturated rings. The lowest BCUT2D eigenvalue weighted by Gasteiger charge is -2.10. The number of hydrogen-bond donors (Lipinski definition) is 1. The number of carbonyl (C=O) groups excluding carboxylic acids is 1. The number of nitrogens with one attached hydrogen (secondary N) is 1. The van der Waals surface area contributed by atoms with E-state index >= 15 is 0 Å². The summed E-state index contributed by atoms with van der Waals surface area (Å²) in [7, 11) is 0. The fourth-order valence-corrected chi connectivity index (χ4v) is 1.49. The molecule has 1 rings (SSSR count). The number of alkyl halides is 3. The Hall–Kier alpha value is -1.15. The normalized spacial score (nSPS) is 11.4. The van der Waals surface area contributed by atoms with Crippen LogP contribution in [0.25, 0.3) is 0 Å². The van der Waals surface area contributed by atoms with Crippen molar-refractivity contribution in [3.63, 3.8) is 0 Å². The highest BCUT2D eigenvalue weighted by Crippen LogP contribution is 2.25. The van der Waals surface area contributed by atoms with Gasteiger partial charge in [-0.3, -0.25) is 4.79 Å². The van der Waals surface area contributed by atoms with Gasteiger partial charge in [-0.15, -0.1) is 0 Å². The molecule has 0 aliphatic carbocycles. The van der Waals surface area contributed by atoms with E-state index in [9.17, 15) is 22.4 Å². The Morgan fingerprint density at radius 2 is 2.06 bits per heavy atom. The van der Waals surface area contributed by atoms with Crippen LogP contribution in [0.5, 0.6) is 0 Å². The van der Waals surface area contributed by atoms with Crippen LogP contribution < -0.4 is 5.32 Å². The molecule has 0 aliphatic heterocycles. The Kier molecular flexibility index (Phi) is 5.09. The maximum Gasteiger partial charge on any atom is 0.411 e. The molecule has 1 aromatic rings. The van der Waals surface area contributed by atoms with Crippen LogP contribution >= 0.6 is 15.9 Å². The van der Waals surface area contributed by atoms with Crippen LogP contribution in [0.15, 0.2) is 22.7 Å². The van der Waals surface area contributed by atoms with Crippen molar-refractivity contribution in [3.05, 3.63) is 28.5 Å². The Labute approximate surface area is 108 Å². The van der Waals surface area contributed by atoms with Gasteiger partial charge in [-0.2, -0.15) is 13.2 Å². The van der Waals surface area contributed by atoms with E-state index in [0.717, 1.165) is 6.07 Å². The first-order valence-electron chi connectivity index (χ1n) is 4.68. The molecule has 0 saturated carbocycles. The average Bonchev–Trinajstić information content (AvgIpc) is 2.22. The molecular weight excluding hydrogens is 322 g/mol. The van der Waals surface area contributed by atoms with Crippen LogP contribution in [0.3, 0.4) is 0 Å². The summed E-state index contributed by atoms with van der Waals surface area (Å²) in [6, 6.07) is 4.00. The standard InChI is InChI=1S/C10H8BrF4NO2/c11-6-2-1-3-7(12)9(6)16-8(17)4-18-5-10(13,14)15/h1-3H,4-5H2,(H,16,17). The Bertz CT molecular complexity index is 416. The van der Waals surface area contributed by atoms with Crippen LogP contribution in [0.2, 0.25) is 0 Å². The molecule has 0 aromatic heterocycles. The van der Waals surface area contributed by atoms with E-state index in [-0.39, 0.29) is 10.2 Å². The number of carbonyl (C=O) groups is 1. The minimum atomic E-state index is -4.50. The zero-order valence-corrected chi connectivity index (χ0v) is 10.4. The summed E-state index contributed by atoms with van der Waals surface area (Å²) < 4.78 is 52.9. The first-order valence-corrected chi connectivity index (χ1v) is 5.47. The van der Waals surface area contributed by atoms with E-state index < -0.39 is 31.1 Å². The van der Waals surface area contributed by atoms with Gasteiger partial charge >= 0.3 is 6.18 Å². The molecule has 0 atom stereocenters. The number of hydrogen-bond acceptors (Lipinski definition) is 2. The Balaban J connectivity index is 2.50. The van der Waals surface area contributed by atoms with Gasteiger partial charge in [0.1, 0.15) is 19.0 Å². The van der Waals surface area contributed by atoms with Gasteiger partial charge in [-0.25, -0.2) is 4.39 Å². The van der Waals surface area contributed by atoms with Crippen LogP contribution in [0.4, 0.5) is 23.2 Å². The average molecular weight is 330 g/mol. The Morgan fingerprint density at radius 3 is 2.61 bits per heavy atom. The lowest BCUT2D eigenvalue weighted by Crippen LogP contribution is -2.24. The molecule has 3 nitrogen and oxygen atoms in total. The minimum Gasteiger partial charge on any atom is -0.362 e. The molecule has 8 heteroatoms. The second-order valence-electron chi connectivity index (χ2n) is 3.25. The van der Waals surface area contributed by atoms with E-state index in [1.165, 1.54) is 12.1 Å². The van der Waals surface area contributed by atoms with E-state index in [4.69, 9.17) is 0 Å². The molecule has 0 unspecified atom stereocenters. The second kappa shape index (κ2) is 6.14. The lowest BCUT2D eigenvalue weighted by molar-refractivity contribution is -0.174. The number of para-hydroxylation sites is 1. The summed E-state index contributed by atoms with van der Waals surface area (Å²) >= 11 is 3.00. The predicted octanol–water partition coefficient (Wildman–Crippen LogP) is 3.11. The lowest BCUT2D eigenvalue weighted by atomic mass is 10.3. The van der Waals surface area contributed by atoms with Crippen molar-refractivity contribution < 1.29 is 27.1 Å². The zero-order valence-electron chi connectivity index (χ0n) is 8.85. The van der Waals surface area contributed by atoms with E-state index in [1.54, 1.807) is 0 Å². The molecule has 100 valence electrons. The number of benzene rings is 1. The SMILES string of the molecule is O=C(COCC(F)(F)F)Nc1c(F)cccc1Br. The zero-order chi connectivity index (χ0) is 13.8. The number of halogens is 5. The molecule has 18 heavy (non-hydrogen) atoms. The quantitative estimate of drug-likeness (QED) is 0.862. The number of ether oxygens (including phenoxy) is 1. The van der Waals surface area contributed by atoms with Crippen LogP contribution in [0, 0.1) is 5.82 Å². The van der Waals surface area contributed by atoms with Crippen molar-refractivity contribution in [2.45, 2.75) is 6.18 Å². The fraction of sp³-hybridized carbons (Fsp3) is 0.300. The third-order valence-corrected chi connectivity index (χ3v) is 2.39. The second-order valence-corrected chi connectivity index (χ2v) is 4.11. The Morgan fingerprint density at radius 1 is 1.39 bits per heavy atom. The van der Waals surface area contributed by atoms with E-state index in [2.05, 4.69) is 26.0 Å². The van der Waals surface area contributed by atoms with Crippen molar-refractivity contribution in [2.24, 2.45) is 0 Å². The summed E-state index contributed by atoms with van der Waals surface area (Å²) in [5.74, 6) is -1.57. The van der Waals surface area contributed by atoms with Crippen molar-refractivity contribution in [3.8, 4) is 0 Å². The minimum absolute atomic E-state index is 0.141. The first kappa shape index (κ1) is 14.9. The molecule has 0 saturated heterocycles. The highest BCUT2D eigenvalue weighted by Gasteiger charge is 2.27. The maximum atomic E-state index is 13.3. The largest absolute Gasteiger partial charge is 0.411 e. The highest BCUT2D eigenvalue weighted by atomic mass is 79.9. The van der Waals surface area contributed by atoms with Gasteiger partial charge in [0.2, 0.25) is 5.91 Å². The third-order valence-electron chi connectivity index (χ3n) is 1.73. The summed E-state index contributed by atoms with van der Waals surface area (Å²) in [5, 5.41) is 2.11. The van der Waals surface area contributed by atoms with Gasteiger partial charge in [-0.1, -0.05) is 6.07 Å². The van der Waals surface area contributed by atoms with Crippen molar-refractivity contribution in [1.29, 1.82) is 0 Å². The van der Waals surface area contributed by atoms with Crippen LogP contribution in [-0.2, 0) is 9.53 Å². The fourth-order valence-electron chi connectivity index (χ4n) is 1.05. The molecule has 0 radical (unpaired) electrons. The van der Waals surface area contributed by atoms with Gasteiger partial charge in [0, 0.05) is 4.47 Å². The molecule has 0 spiro atoms. The molecule has 1 N–H and O–H groups in total. The van der Waals surface area contributed by atoms with Gasteiger partial charge in [0.05, 0.1) is 5.69 Å². The summed E-state index contributed by atoms with van der Waals surface area (Å²) in [4.78, 5) is 11.2. The highest BCUT2D eigenvalue weighted by molar-refractivity contribution is 9.10. The maximum absolute atomic E-state index is 13.3. The summed E-state index contributed by atoms with van der Waals surface area (Å²) in [6.07, 6.45) is -4.50. The van der Waals surface area contributed by atoms with Gasteiger partial charge < -0.3 is 10.1 Å². The monoisotopic (exact) mass is 329 g/mol. The topological polar surface area (TPSA) is 38.3 Å². The molecule has 0 aliphatic rings. The summed E-state index contributed by atoms with van der Waals surface area (Å²) in [5.41, 5.74) is -0.141. The van der Waals surface area contributed by atoms with Gasteiger partial charge in [-0.05, 0) is 28.1 Å². The smallest absolute Gasteiger partial charge is 0.362 e. The van der Waals surface area contributed by atoms with Crippen molar-refractivity contribution in [1.82, 2.24) is 0 Å². The molecular formula is C10H8BrF4NO2.